The molecular weight excluding hydrogens is 254 g/mol. The summed E-state index contributed by atoms with van der Waals surface area (Å²) in [6.45, 7) is 3.33. The number of hydrogen-bond donors (Lipinski definition) is 3. The molecule has 0 aromatic heterocycles. The number of carbonyl (C=O) groups is 1. The highest BCUT2D eigenvalue weighted by molar-refractivity contribution is 5.73. The van der Waals surface area contributed by atoms with Crippen LogP contribution in [0.3, 0.4) is 0 Å². The van der Waals surface area contributed by atoms with Crippen molar-refractivity contribution in [2.45, 2.75) is 77.4 Å². The smallest absolute Gasteiger partial charge is 0.217 e. The third-order valence-electron chi connectivity index (χ3n) is 3.31. The van der Waals surface area contributed by atoms with E-state index < -0.39 is 12.1 Å². The fourth-order valence-corrected chi connectivity index (χ4v) is 2.09. The molecule has 0 heterocycles. The number of amides is 1. The molecule has 118 valence electrons. The van der Waals surface area contributed by atoms with E-state index in [4.69, 9.17) is 5.11 Å². The van der Waals surface area contributed by atoms with E-state index in [1.54, 1.807) is 6.08 Å². The second-order valence-corrected chi connectivity index (χ2v) is 5.32. The lowest BCUT2D eigenvalue weighted by Crippen LogP contribution is -2.44. The first-order chi connectivity index (χ1) is 9.61. The van der Waals surface area contributed by atoms with Gasteiger partial charge < -0.3 is 15.5 Å². The lowest BCUT2D eigenvalue weighted by molar-refractivity contribution is -0.120. The highest BCUT2D eigenvalue weighted by atomic mass is 16.3. The average molecular weight is 285 g/mol. The van der Waals surface area contributed by atoms with Crippen molar-refractivity contribution < 1.29 is 15.0 Å². The number of allylic oxidation sites excluding steroid dienone is 1. The van der Waals surface area contributed by atoms with Crippen molar-refractivity contribution in [2.24, 2.45) is 0 Å². The maximum Gasteiger partial charge on any atom is 0.217 e. The lowest BCUT2D eigenvalue weighted by atomic mass is 10.1. The summed E-state index contributed by atoms with van der Waals surface area (Å²) in [5.41, 5.74) is 0. The highest BCUT2D eigenvalue weighted by Crippen LogP contribution is 2.09. The molecule has 0 aliphatic carbocycles. The fraction of sp³-hybridized carbons (Fsp3) is 0.812. The van der Waals surface area contributed by atoms with Gasteiger partial charge in [-0.2, -0.15) is 0 Å². The Balaban J connectivity index is 3.64. The Morgan fingerprint density at radius 2 is 1.75 bits per heavy atom. The van der Waals surface area contributed by atoms with Crippen LogP contribution in [0.4, 0.5) is 0 Å². The molecule has 0 bridgehead atoms. The number of carbonyl (C=O) groups excluding carboxylic acids is 1. The van der Waals surface area contributed by atoms with Gasteiger partial charge in [-0.15, -0.1) is 0 Å². The van der Waals surface area contributed by atoms with Crippen LogP contribution < -0.4 is 5.32 Å². The van der Waals surface area contributed by atoms with Crippen LogP contribution in [0.2, 0.25) is 0 Å². The van der Waals surface area contributed by atoms with Gasteiger partial charge >= 0.3 is 0 Å². The molecule has 0 saturated heterocycles. The summed E-state index contributed by atoms with van der Waals surface area (Å²) in [5.74, 6) is -0.247. The fourth-order valence-electron chi connectivity index (χ4n) is 2.09. The van der Waals surface area contributed by atoms with Crippen LogP contribution >= 0.6 is 0 Å². The van der Waals surface area contributed by atoms with Gasteiger partial charge in [0.2, 0.25) is 5.91 Å². The summed E-state index contributed by atoms with van der Waals surface area (Å²) in [6.07, 6.45) is 12.6. The van der Waals surface area contributed by atoms with Gasteiger partial charge in [-0.1, -0.05) is 57.6 Å². The predicted molar refractivity (Wildman–Crippen MR) is 82.4 cm³/mol. The van der Waals surface area contributed by atoms with E-state index >= 15 is 0 Å². The van der Waals surface area contributed by atoms with Crippen molar-refractivity contribution in [3.63, 3.8) is 0 Å². The molecule has 0 fully saturated rings. The van der Waals surface area contributed by atoms with Gasteiger partial charge in [0, 0.05) is 6.92 Å². The van der Waals surface area contributed by atoms with Gasteiger partial charge in [0.25, 0.3) is 0 Å². The maximum absolute atomic E-state index is 10.9. The maximum atomic E-state index is 10.9. The van der Waals surface area contributed by atoms with Crippen LogP contribution in [-0.2, 0) is 4.79 Å². The summed E-state index contributed by atoms with van der Waals surface area (Å²) >= 11 is 0. The minimum Gasteiger partial charge on any atom is -0.394 e. The van der Waals surface area contributed by atoms with E-state index in [0.29, 0.717) is 0 Å². The van der Waals surface area contributed by atoms with E-state index in [2.05, 4.69) is 12.2 Å². The molecule has 0 aliphatic rings. The second kappa shape index (κ2) is 13.1. The van der Waals surface area contributed by atoms with Gasteiger partial charge in [-0.05, 0) is 12.8 Å². The van der Waals surface area contributed by atoms with Crippen LogP contribution in [0.1, 0.15) is 65.2 Å². The number of rotatable bonds is 12. The molecule has 0 aliphatic heterocycles. The zero-order valence-electron chi connectivity index (χ0n) is 13.0. The summed E-state index contributed by atoms with van der Waals surface area (Å²) in [5, 5.41) is 21.4. The normalized spacial score (nSPS) is 14.4. The van der Waals surface area contributed by atoms with Gasteiger partial charge in [0.15, 0.2) is 0 Å². The summed E-state index contributed by atoms with van der Waals surface area (Å²) in [6, 6.07) is -0.613. The molecular formula is C16H31NO3. The zero-order valence-corrected chi connectivity index (χ0v) is 13.0. The molecule has 4 heteroatoms. The minimum atomic E-state index is -0.826. The Morgan fingerprint density at radius 3 is 2.30 bits per heavy atom. The van der Waals surface area contributed by atoms with Crippen molar-refractivity contribution >= 4 is 5.91 Å². The van der Waals surface area contributed by atoms with Crippen molar-refractivity contribution in [2.75, 3.05) is 6.61 Å². The monoisotopic (exact) mass is 285 g/mol. The molecule has 20 heavy (non-hydrogen) atoms. The highest BCUT2D eigenvalue weighted by Gasteiger charge is 2.15. The lowest BCUT2D eigenvalue weighted by Gasteiger charge is -2.18. The molecule has 0 aromatic carbocycles. The molecule has 0 spiro atoms. The van der Waals surface area contributed by atoms with E-state index in [0.717, 1.165) is 12.8 Å². The third kappa shape index (κ3) is 11.0. The Kier molecular flexibility index (Phi) is 12.6. The molecule has 0 radical (unpaired) electrons. The van der Waals surface area contributed by atoms with Gasteiger partial charge in [0.05, 0.1) is 18.8 Å². The molecule has 0 aromatic rings. The molecule has 2 atom stereocenters. The van der Waals surface area contributed by atoms with E-state index in [1.807, 2.05) is 6.08 Å². The molecule has 4 nitrogen and oxygen atoms in total. The minimum absolute atomic E-state index is 0.247. The Labute approximate surface area is 123 Å². The first kappa shape index (κ1) is 19.1. The SMILES string of the molecule is CCCCCCCCCC=C[C@@H](O)[C@H](CO)NC(C)=O. The zero-order chi connectivity index (χ0) is 15.2. The van der Waals surface area contributed by atoms with Gasteiger partial charge in [0.1, 0.15) is 0 Å². The van der Waals surface area contributed by atoms with Crippen LogP contribution in [0, 0.1) is 0 Å². The topological polar surface area (TPSA) is 69.6 Å². The first-order valence-electron chi connectivity index (χ1n) is 7.84. The first-order valence-corrected chi connectivity index (χ1v) is 7.84. The predicted octanol–water partition coefficient (Wildman–Crippen LogP) is 2.54. The number of unbranched alkanes of at least 4 members (excludes halogenated alkanes) is 7. The van der Waals surface area contributed by atoms with Crippen LogP contribution in [0.25, 0.3) is 0 Å². The van der Waals surface area contributed by atoms with Crippen LogP contribution in [0.5, 0.6) is 0 Å². The summed E-state index contributed by atoms with van der Waals surface area (Å²) in [4.78, 5) is 10.9. The summed E-state index contributed by atoms with van der Waals surface area (Å²) < 4.78 is 0. The van der Waals surface area contributed by atoms with Crippen LogP contribution in [0.15, 0.2) is 12.2 Å². The Hall–Kier alpha value is -0.870. The standard InChI is InChI=1S/C16H31NO3/c1-3-4-5-6-7-8-9-10-11-12-16(20)15(13-18)17-14(2)19/h11-12,15-16,18,20H,3-10,13H2,1-2H3,(H,17,19)/t15-,16+/m0/s1. The second-order valence-electron chi connectivity index (χ2n) is 5.32. The number of nitrogens with one attached hydrogen (secondary N) is 1. The largest absolute Gasteiger partial charge is 0.394 e. The van der Waals surface area contributed by atoms with Crippen molar-refractivity contribution in [3.05, 3.63) is 12.2 Å². The van der Waals surface area contributed by atoms with Gasteiger partial charge in [-0.3, -0.25) is 4.79 Å². The molecule has 0 saturated carbocycles. The molecule has 0 unspecified atom stereocenters. The van der Waals surface area contributed by atoms with E-state index in [-0.39, 0.29) is 12.5 Å². The number of aliphatic hydroxyl groups is 2. The van der Waals surface area contributed by atoms with Crippen molar-refractivity contribution in [1.29, 1.82) is 0 Å². The molecule has 1 amide bonds. The van der Waals surface area contributed by atoms with E-state index in [1.165, 1.54) is 45.4 Å². The quantitative estimate of drug-likeness (QED) is 0.381. The Bertz CT molecular complexity index is 266. The average Bonchev–Trinajstić information content (AvgIpc) is 2.42. The Morgan fingerprint density at radius 1 is 1.15 bits per heavy atom. The number of aliphatic hydroxyl groups excluding tert-OH is 2. The van der Waals surface area contributed by atoms with Crippen LogP contribution in [-0.4, -0.2) is 34.9 Å². The number of hydrogen-bond acceptors (Lipinski definition) is 3. The third-order valence-corrected chi connectivity index (χ3v) is 3.31. The summed E-state index contributed by atoms with van der Waals surface area (Å²) in [7, 11) is 0. The van der Waals surface area contributed by atoms with E-state index in [9.17, 15) is 9.90 Å². The van der Waals surface area contributed by atoms with Crippen molar-refractivity contribution in [1.82, 2.24) is 5.32 Å². The molecule has 0 rings (SSSR count). The van der Waals surface area contributed by atoms with Gasteiger partial charge in [-0.25, -0.2) is 0 Å². The molecule has 3 N–H and O–H groups in total. The van der Waals surface area contributed by atoms with Crippen molar-refractivity contribution in [3.8, 4) is 0 Å².